The van der Waals surface area contributed by atoms with Crippen molar-refractivity contribution in [3.8, 4) is 18.4 Å². The number of rotatable bonds is 0. The zero-order valence-corrected chi connectivity index (χ0v) is 5.59. The van der Waals surface area contributed by atoms with Gasteiger partial charge in [-0.05, 0) is 6.07 Å². The van der Waals surface area contributed by atoms with Gasteiger partial charge in [-0.1, -0.05) is 5.92 Å². The smallest absolute Gasteiger partial charge is 0.265 e. The zero-order valence-electron chi connectivity index (χ0n) is 5.59. The fourth-order valence-corrected chi connectivity index (χ4v) is 0.650. The van der Waals surface area contributed by atoms with Crippen LogP contribution >= 0.6 is 0 Å². The maximum absolute atomic E-state index is 10.8. The number of pyridine rings is 1. The first-order chi connectivity index (χ1) is 5.27. The maximum Gasteiger partial charge on any atom is 0.265 e. The highest BCUT2D eigenvalue weighted by Gasteiger charge is 1.96. The molecule has 0 aromatic carbocycles. The van der Waals surface area contributed by atoms with Crippen molar-refractivity contribution in [1.82, 2.24) is 4.98 Å². The molecule has 0 aliphatic rings. The lowest BCUT2D eigenvalue weighted by molar-refractivity contribution is 1.20. The lowest BCUT2D eigenvalue weighted by Crippen LogP contribution is -2.08. The number of terminal acetylenes is 1. The minimum Gasteiger partial charge on any atom is -0.327 e. The third-order valence-electron chi connectivity index (χ3n) is 1.19. The quantitative estimate of drug-likeness (QED) is 0.530. The molecule has 3 nitrogen and oxygen atoms in total. The van der Waals surface area contributed by atoms with Crippen LogP contribution in [0.25, 0.3) is 0 Å². The van der Waals surface area contributed by atoms with E-state index in [4.69, 9.17) is 11.7 Å². The Kier molecular flexibility index (Phi) is 1.76. The summed E-state index contributed by atoms with van der Waals surface area (Å²) in [6, 6.07) is 3.10. The van der Waals surface area contributed by atoms with Crippen LogP contribution < -0.4 is 5.56 Å². The third kappa shape index (κ3) is 1.28. The van der Waals surface area contributed by atoms with E-state index in [0.29, 0.717) is 5.56 Å². The lowest BCUT2D eigenvalue weighted by atomic mass is 10.2. The van der Waals surface area contributed by atoms with Gasteiger partial charge in [-0.15, -0.1) is 6.42 Å². The highest BCUT2D eigenvalue weighted by molar-refractivity contribution is 5.36. The molecule has 0 spiro atoms. The summed E-state index contributed by atoms with van der Waals surface area (Å²) in [6.45, 7) is 0. The predicted molar refractivity (Wildman–Crippen MR) is 39.7 cm³/mol. The molecule has 0 saturated carbocycles. The first kappa shape index (κ1) is 7.11. The van der Waals surface area contributed by atoms with E-state index in [1.807, 2.05) is 0 Å². The number of hydrogen-bond donors (Lipinski definition) is 1. The Labute approximate surface area is 63.3 Å². The summed E-state index contributed by atoms with van der Waals surface area (Å²) in [5.41, 5.74) is 0.133. The Morgan fingerprint density at radius 2 is 2.36 bits per heavy atom. The number of nitrogens with one attached hydrogen (secondary N) is 1. The Balaban J connectivity index is 3.41. The Bertz CT molecular complexity index is 403. The van der Waals surface area contributed by atoms with Gasteiger partial charge in [0.05, 0.1) is 0 Å². The van der Waals surface area contributed by atoms with Crippen molar-refractivity contribution in [3.05, 3.63) is 33.7 Å². The molecule has 0 amide bonds. The number of nitriles is 1. The minimum absolute atomic E-state index is 0.0421. The van der Waals surface area contributed by atoms with Crippen molar-refractivity contribution in [1.29, 1.82) is 5.26 Å². The van der Waals surface area contributed by atoms with Crippen LogP contribution in [0.2, 0.25) is 0 Å². The predicted octanol–water partition coefficient (Wildman–Crippen LogP) is 0.228. The van der Waals surface area contributed by atoms with E-state index in [2.05, 4.69) is 10.9 Å². The Morgan fingerprint density at radius 3 is 2.91 bits per heavy atom. The van der Waals surface area contributed by atoms with Crippen LogP contribution in [0.4, 0.5) is 0 Å². The van der Waals surface area contributed by atoms with Gasteiger partial charge in [0.1, 0.15) is 11.6 Å². The molecule has 1 heterocycles. The van der Waals surface area contributed by atoms with Crippen LogP contribution in [-0.2, 0) is 0 Å². The fourth-order valence-electron chi connectivity index (χ4n) is 0.650. The van der Waals surface area contributed by atoms with E-state index in [9.17, 15) is 4.79 Å². The van der Waals surface area contributed by atoms with Crippen LogP contribution in [0.3, 0.4) is 0 Å². The molecule has 1 aromatic heterocycles. The molecule has 0 aliphatic heterocycles. The summed E-state index contributed by atoms with van der Waals surface area (Å²) in [5.74, 6) is 2.31. The van der Waals surface area contributed by atoms with Crippen molar-refractivity contribution < 1.29 is 0 Å². The van der Waals surface area contributed by atoms with Gasteiger partial charge in [0.15, 0.2) is 0 Å². The molecule has 11 heavy (non-hydrogen) atoms. The standard InChI is InChI=1S/C8H4N2O/c1-2-6-3-7(4-9)8(11)10-5-6/h1,3,5H,(H,10,11). The van der Waals surface area contributed by atoms with Gasteiger partial charge in [0.2, 0.25) is 0 Å². The molecular formula is C8H4N2O. The van der Waals surface area contributed by atoms with Crippen LogP contribution in [-0.4, -0.2) is 4.98 Å². The molecule has 1 aromatic rings. The van der Waals surface area contributed by atoms with Crippen LogP contribution in [0, 0.1) is 23.7 Å². The number of aromatic nitrogens is 1. The lowest BCUT2D eigenvalue weighted by Gasteiger charge is -1.88. The molecule has 1 N–H and O–H groups in total. The maximum atomic E-state index is 10.8. The van der Waals surface area contributed by atoms with E-state index in [-0.39, 0.29) is 5.56 Å². The van der Waals surface area contributed by atoms with Crippen molar-refractivity contribution in [2.24, 2.45) is 0 Å². The second kappa shape index (κ2) is 2.72. The van der Waals surface area contributed by atoms with Gasteiger partial charge < -0.3 is 4.98 Å². The average molecular weight is 144 g/mol. The zero-order chi connectivity index (χ0) is 8.27. The van der Waals surface area contributed by atoms with Crippen LogP contribution in [0.5, 0.6) is 0 Å². The van der Waals surface area contributed by atoms with E-state index >= 15 is 0 Å². The molecule has 0 saturated heterocycles. The molecule has 0 aliphatic carbocycles. The molecule has 0 unspecified atom stereocenters. The summed E-state index contributed by atoms with van der Waals surface area (Å²) < 4.78 is 0. The second-order valence-electron chi connectivity index (χ2n) is 1.89. The molecule has 0 radical (unpaired) electrons. The van der Waals surface area contributed by atoms with Gasteiger partial charge in [0.25, 0.3) is 5.56 Å². The molecule has 0 atom stereocenters. The number of hydrogen-bond acceptors (Lipinski definition) is 2. The molecule has 0 fully saturated rings. The van der Waals surface area contributed by atoms with Gasteiger partial charge in [-0.2, -0.15) is 5.26 Å². The van der Waals surface area contributed by atoms with E-state index in [0.717, 1.165) is 0 Å². The summed E-state index contributed by atoms with van der Waals surface area (Å²) in [6.07, 6.45) is 6.43. The first-order valence-electron chi connectivity index (χ1n) is 2.87. The van der Waals surface area contributed by atoms with Crippen molar-refractivity contribution in [2.45, 2.75) is 0 Å². The Morgan fingerprint density at radius 1 is 1.64 bits per heavy atom. The summed E-state index contributed by atoms with van der Waals surface area (Å²) >= 11 is 0. The van der Waals surface area contributed by atoms with Crippen molar-refractivity contribution in [3.63, 3.8) is 0 Å². The van der Waals surface area contributed by atoms with Crippen molar-refractivity contribution >= 4 is 0 Å². The molecule has 0 bridgehead atoms. The van der Waals surface area contributed by atoms with Gasteiger partial charge >= 0.3 is 0 Å². The number of aromatic amines is 1. The molecule has 3 heteroatoms. The second-order valence-corrected chi connectivity index (χ2v) is 1.89. The monoisotopic (exact) mass is 144 g/mol. The number of nitrogens with zero attached hydrogens (tertiary/aromatic N) is 1. The van der Waals surface area contributed by atoms with Gasteiger partial charge in [0, 0.05) is 11.8 Å². The van der Waals surface area contributed by atoms with E-state index in [1.54, 1.807) is 6.07 Å². The van der Waals surface area contributed by atoms with Crippen LogP contribution in [0.15, 0.2) is 17.1 Å². The Hall–Kier alpha value is -2.00. The summed E-state index contributed by atoms with van der Waals surface area (Å²) in [7, 11) is 0. The third-order valence-corrected chi connectivity index (χ3v) is 1.19. The highest BCUT2D eigenvalue weighted by atomic mass is 16.1. The highest BCUT2D eigenvalue weighted by Crippen LogP contribution is 1.93. The largest absolute Gasteiger partial charge is 0.327 e. The van der Waals surface area contributed by atoms with Gasteiger partial charge in [-0.3, -0.25) is 4.79 Å². The average Bonchev–Trinajstić information content (AvgIpc) is 2.05. The van der Waals surface area contributed by atoms with Crippen molar-refractivity contribution in [2.75, 3.05) is 0 Å². The van der Waals surface area contributed by atoms with Gasteiger partial charge in [-0.25, -0.2) is 0 Å². The molecule has 1 rings (SSSR count). The van der Waals surface area contributed by atoms with Crippen LogP contribution in [0.1, 0.15) is 11.1 Å². The number of H-pyrrole nitrogens is 1. The minimum atomic E-state index is -0.411. The first-order valence-corrected chi connectivity index (χ1v) is 2.87. The van der Waals surface area contributed by atoms with E-state index < -0.39 is 5.56 Å². The SMILES string of the molecule is C#Cc1c[nH]c(=O)c(C#N)c1. The topological polar surface area (TPSA) is 56.6 Å². The summed E-state index contributed by atoms with van der Waals surface area (Å²) in [5, 5.41) is 8.40. The normalized spacial score (nSPS) is 8.18. The van der Waals surface area contributed by atoms with E-state index in [1.165, 1.54) is 12.3 Å². The molecule has 52 valence electrons. The molecular weight excluding hydrogens is 140 g/mol. The fraction of sp³-hybridized carbons (Fsp3) is 0. The summed E-state index contributed by atoms with van der Waals surface area (Å²) in [4.78, 5) is 13.1.